The molecule has 1 N–H and O–H groups in total. The normalized spacial score (nSPS) is 15.2. The third-order valence-electron chi connectivity index (χ3n) is 2.85. The van der Waals surface area contributed by atoms with Crippen LogP contribution >= 0.6 is 22.6 Å². The number of allylic oxidation sites excluding steroid dienone is 2. The molecule has 0 atom stereocenters. The molecule has 19 heavy (non-hydrogen) atoms. The Balaban J connectivity index is 2.21. The highest BCUT2D eigenvalue weighted by molar-refractivity contribution is 14.1. The lowest BCUT2D eigenvalue weighted by Gasteiger charge is -2.19. The van der Waals surface area contributed by atoms with E-state index in [4.69, 9.17) is 4.74 Å². The van der Waals surface area contributed by atoms with Crippen molar-refractivity contribution in [1.29, 1.82) is 0 Å². The molecule has 1 aromatic rings. The molecule has 4 heteroatoms. The number of nitrogens with one attached hydrogen (secondary N) is 1. The maximum Gasteiger partial charge on any atom is 0.118 e. The molecule has 100 valence electrons. The molecule has 1 aromatic carbocycles. The largest absolute Gasteiger partial charge is 0.497 e. The molecule has 0 bridgehead atoms. The van der Waals surface area contributed by atoms with Crippen LogP contribution in [-0.4, -0.2) is 25.6 Å². The lowest BCUT2D eigenvalue weighted by atomic mass is 10.1. The Morgan fingerprint density at radius 3 is 2.68 bits per heavy atom. The summed E-state index contributed by atoms with van der Waals surface area (Å²) >= 11 is 2.32. The third-order valence-corrected chi connectivity index (χ3v) is 3.49. The number of rotatable bonds is 4. The Morgan fingerprint density at radius 2 is 2.11 bits per heavy atom. The second-order valence-electron chi connectivity index (χ2n) is 4.13. The van der Waals surface area contributed by atoms with Gasteiger partial charge in [-0.25, -0.2) is 0 Å². The van der Waals surface area contributed by atoms with Gasteiger partial charge in [-0.15, -0.1) is 0 Å². The Labute approximate surface area is 127 Å². The van der Waals surface area contributed by atoms with Gasteiger partial charge in [0.1, 0.15) is 5.75 Å². The molecule has 3 nitrogen and oxygen atoms in total. The summed E-state index contributed by atoms with van der Waals surface area (Å²) in [6, 6.07) is 8.04. The van der Waals surface area contributed by atoms with E-state index in [1.54, 1.807) is 7.11 Å². The number of nitrogens with zero attached hydrogens (tertiary/aromatic N) is 1. The molecule has 0 aliphatic carbocycles. The summed E-state index contributed by atoms with van der Waals surface area (Å²) in [5, 5.41) is 3.24. The van der Waals surface area contributed by atoms with Gasteiger partial charge in [0.25, 0.3) is 0 Å². The molecule has 0 unspecified atom stereocenters. The fourth-order valence-corrected chi connectivity index (χ4v) is 2.46. The Bertz CT molecular complexity index is 517. The minimum absolute atomic E-state index is 0.870. The van der Waals surface area contributed by atoms with E-state index < -0.39 is 0 Å². The monoisotopic (exact) mass is 368 g/mol. The number of halogens is 1. The molecule has 1 aliphatic heterocycles. The predicted octanol–water partition coefficient (Wildman–Crippen LogP) is 3.36. The Kier molecular flexibility index (Phi) is 4.90. The lowest BCUT2D eigenvalue weighted by molar-refractivity contribution is 0.415. The van der Waals surface area contributed by atoms with Crippen LogP contribution in [0.5, 0.6) is 5.75 Å². The summed E-state index contributed by atoms with van der Waals surface area (Å²) in [5.41, 5.74) is 2.22. The minimum atomic E-state index is 0.870. The van der Waals surface area contributed by atoms with Crippen LogP contribution < -0.4 is 10.1 Å². The topological polar surface area (TPSA) is 24.5 Å². The first-order valence-electron chi connectivity index (χ1n) is 6.06. The van der Waals surface area contributed by atoms with E-state index in [2.05, 4.69) is 69.5 Å². The van der Waals surface area contributed by atoms with E-state index in [0.29, 0.717) is 0 Å². The van der Waals surface area contributed by atoms with Gasteiger partial charge in [0, 0.05) is 29.6 Å². The first-order valence-corrected chi connectivity index (χ1v) is 7.14. The van der Waals surface area contributed by atoms with Crippen molar-refractivity contribution in [2.24, 2.45) is 0 Å². The third kappa shape index (κ3) is 3.76. The van der Waals surface area contributed by atoms with Gasteiger partial charge in [0.2, 0.25) is 0 Å². The maximum atomic E-state index is 5.18. The van der Waals surface area contributed by atoms with Crippen LogP contribution in [0.4, 0.5) is 0 Å². The van der Waals surface area contributed by atoms with Crippen molar-refractivity contribution >= 4 is 28.3 Å². The second kappa shape index (κ2) is 6.65. The zero-order chi connectivity index (χ0) is 13.7. The van der Waals surface area contributed by atoms with E-state index >= 15 is 0 Å². The van der Waals surface area contributed by atoms with Gasteiger partial charge in [-0.2, -0.15) is 0 Å². The van der Waals surface area contributed by atoms with Crippen LogP contribution in [0, 0.1) is 0 Å². The van der Waals surface area contributed by atoms with Gasteiger partial charge < -0.3 is 15.0 Å². The average Bonchev–Trinajstić information content (AvgIpc) is 2.45. The highest BCUT2D eigenvalue weighted by atomic mass is 127. The molecular formula is C15H17IN2O. The minimum Gasteiger partial charge on any atom is -0.497 e. The summed E-state index contributed by atoms with van der Waals surface area (Å²) in [7, 11) is 3.61. The summed E-state index contributed by atoms with van der Waals surface area (Å²) in [4.78, 5) is 2.16. The van der Waals surface area contributed by atoms with Crippen molar-refractivity contribution in [2.75, 3.05) is 20.7 Å². The molecule has 0 spiro atoms. The van der Waals surface area contributed by atoms with Gasteiger partial charge in [-0.05, 0) is 58.5 Å². The molecule has 1 aliphatic rings. The fraction of sp³-hybridized carbons (Fsp3) is 0.200. The van der Waals surface area contributed by atoms with Crippen LogP contribution in [0.25, 0.3) is 5.70 Å². The second-order valence-corrected chi connectivity index (χ2v) is 5.38. The summed E-state index contributed by atoms with van der Waals surface area (Å²) in [6.45, 7) is 0.897. The lowest BCUT2D eigenvalue weighted by Crippen LogP contribution is -2.16. The van der Waals surface area contributed by atoms with Crippen LogP contribution in [-0.2, 0) is 0 Å². The highest BCUT2D eigenvalue weighted by Gasteiger charge is 2.05. The number of hydrogen-bond acceptors (Lipinski definition) is 3. The van der Waals surface area contributed by atoms with Crippen molar-refractivity contribution < 1.29 is 4.74 Å². The molecule has 0 amide bonds. The van der Waals surface area contributed by atoms with Gasteiger partial charge in [-0.3, -0.25) is 0 Å². The Morgan fingerprint density at radius 1 is 1.37 bits per heavy atom. The smallest absolute Gasteiger partial charge is 0.118 e. The average molecular weight is 368 g/mol. The van der Waals surface area contributed by atoms with E-state index in [0.717, 1.165) is 23.6 Å². The van der Waals surface area contributed by atoms with Gasteiger partial charge in [0.05, 0.1) is 12.8 Å². The standard InChI is InChI=1S/C15H17IN2O/c1-17-15(11-18-9-3-4-13(16)10-18)12-5-7-14(19-2)8-6-12/h3-8,10-11,17H,9H2,1-2H3/b15-11-. The van der Waals surface area contributed by atoms with Gasteiger partial charge in [0.15, 0.2) is 0 Å². The van der Waals surface area contributed by atoms with Crippen molar-refractivity contribution in [3.05, 3.63) is 58.0 Å². The van der Waals surface area contributed by atoms with Crippen molar-refractivity contribution in [3.8, 4) is 5.75 Å². The summed E-state index contributed by atoms with van der Waals surface area (Å²) < 4.78 is 6.40. The van der Waals surface area contributed by atoms with Crippen LogP contribution in [0.15, 0.2) is 52.4 Å². The van der Waals surface area contributed by atoms with E-state index in [9.17, 15) is 0 Å². The number of methoxy groups -OCH3 is 1. The van der Waals surface area contributed by atoms with E-state index in [-0.39, 0.29) is 0 Å². The predicted molar refractivity (Wildman–Crippen MR) is 88.0 cm³/mol. The Hall–Kier alpha value is -1.43. The van der Waals surface area contributed by atoms with E-state index in [1.807, 2.05) is 19.2 Å². The van der Waals surface area contributed by atoms with Crippen LogP contribution in [0.3, 0.4) is 0 Å². The molecule has 2 rings (SSSR count). The molecule has 0 saturated carbocycles. The zero-order valence-corrected chi connectivity index (χ0v) is 13.2. The van der Waals surface area contributed by atoms with Gasteiger partial charge >= 0.3 is 0 Å². The van der Waals surface area contributed by atoms with Crippen molar-refractivity contribution in [1.82, 2.24) is 10.2 Å². The quantitative estimate of drug-likeness (QED) is 0.825. The molecule has 0 radical (unpaired) electrons. The van der Waals surface area contributed by atoms with Gasteiger partial charge in [-0.1, -0.05) is 6.08 Å². The SMILES string of the molecule is CN/C(=C\N1C=C(I)C=CC1)c1ccc(OC)cc1. The number of benzene rings is 1. The molecule has 0 aromatic heterocycles. The molecule has 0 saturated heterocycles. The zero-order valence-electron chi connectivity index (χ0n) is 11.1. The summed E-state index contributed by atoms with van der Waals surface area (Å²) in [5.74, 6) is 0.870. The maximum absolute atomic E-state index is 5.18. The fourth-order valence-electron chi connectivity index (χ4n) is 1.85. The molecule has 0 fully saturated rings. The first kappa shape index (κ1) is 14.0. The number of ether oxygens (including phenoxy) is 1. The molecule has 1 heterocycles. The summed E-state index contributed by atoms with van der Waals surface area (Å²) in [6.07, 6.45) is 8.52. The van der Waals surface area contributed by atoms with E-state index in [1.165, 1.54) is 3.58 Å². The number of hydrogen-bond donors (Lipinski definition) is 1. The van der Waals surface area contributed by atoms with Crippen molar-refractivity contribution in [2.45, 2.75) is 0 Å². The highest BCUT2D eigenvalue weighted by Crippen LogP contribution is 2.19. The van der Waals surface area contributed by atoms with Crippen LogP contribution in [0.2, 0.25) is 0 Å². The molecular weight excluding hydrogens is 351 g/mol. The van der Waals surface area contributed by atoms with Crippen molar-refractivity contribution in [3.63, 3.8) is 0 Å². The van der Waals surface area contributed by atoms with Crippen LogP contribution in [0.1, 0.15) is 5.56 Å². The first-order chi connectivity index (χ1) is 9.22.